The molecule has 1 heteroatoms. The van der Waals surface area contributed by atoms with Gasteiger partial charge in [0.25, 0.3) is 0 Å². The Balaban J connectivity index is 1.83. The van der Waals surface area contributed by atoms with Crippen LogP contribution in [0.25, 0.3) is 6.08 Å². The van der Waals surface area contributed by atoms with E-state index in [1.807, 2.05) is 24.5 Å². The Labute approximate surface area is 96.5 Å². The molecule has 0 aliphatic rings. The van der Waals surface area contributed by atoms with Crippen molar-refractivity contribution >= 4 is 6.08 Å². The van der Waals surface area contributed by atoms with E-state index in [-0.39, 0.29) is 0 Å². The number of aryl methyl sites for hydroxylation is 1. The fraction of sp³-hybridized carbons (Fsp3) is 0.133. The van der Waals surface area contributed by atoms with Crippen LogP contribution in [0.5, 0.6) is 0 Å². The van der Waals surface area contributed by atoms with E-state index in [4.69, 9.17) is 0 Å². The van der Waals surface area contributed by atoms with Gasteiger partial charge in [0.05, 0.1) is 0 Å². The lowest BCUT2D eigenvalue weighted by Crippen LogP contribution is -1.83. The molecule has 1 aromatic carbocycles. The van der Waals surface area contributed by atoms with E-state index in [0.717, 1.165) is 12.8 Å². The van der Waals surface area contributed by atoms with Crippen molar-refractivity contribution in [2.24, 2.45) is 0 Å². The Morgan fingerprint density at radius 1 is 1.00 bits per heavy atom. The second kappa shape index (κ2) is 5.86. The molecular formula is C15H15N. The molecule has 2 rings (SSSR count). The number of aromatic nitrogens is 1. The van der Waals surface area contributed by atoms with Crippen LogP contribution in [0, 0.1) is 0 Å². The van der Waals surface area contributed by atoms with Crippen molar-refractivity contribution in [1.29, 1.82) is 0 Å². The monoisotopic (exact) mass is 209 g/mol. The van der Waals surface area contributed by atoms with Gasteiger partial charge in [-0.15, -0.1) is 0 Å². The zero-order valence-electron chi connectivity index (χ0n) is 9.21. The molecule has 0 amide bonds. The van der Waals surface area contributed by atoms with Crippen molar-refractivity contribution in [2.45, 2.75) is 12.8 Å². The molecule has 2 aromatic rings. The Kier molecular flexibility index (Phi) is 3.89. The standard InChI is InChI=1S/C15H15N/c1-2-7-14(8-3-1)9-4-5-10-15-11-6-12-16-13-15/h1-4,6-9,11-13H,5,10H2/b9-4+. The molecular weight excluding hydrogens is 194 g/mol. The van der Waals surface area contributed by atoms with Crippen LogP contribution < -0.4 is 0 Å². The Morgan fingerprint density at radius 3 is 2.62 bits per heavy atom. The highest BCUT2D eigenvalue weighted by molar-refractivity contribution is 5.48. The highest BCUT2D eigenvalue weighted by atomic mass is 14.6. The zero-order chi connectivity index (χ0) is 11.1. The number of nitrogens with zero attached hydrogens (tertiary/aromatic N) is 1. The SMILES string of the molecule is C(=C\c1ccccc1)/CCc1cccnc1. The molecule has 1 aromatic heterocycles. The summed E-state index contributed by atoms with van der Waals surface area (Å²) < 4.78 is 0. The predicted octanol–water partition coefficient (Wildman–Crippen LogP) is 3.73. The van der Waals surface area contributed by atoms with Crippen molar-refractivity contribution in [2.75, 3.05) is 0 Å². The number of allylic oxidation sites excluding steroid dienone is 1. The number of hydrogen-bond donors (Lipinski definition) is 0. The molecule has 0 unspecified atom stereocenters. The van der Waals surface area contributed by atoms with Crippen LogP contribution in [-0.4, -0.2) is 4.98 Å². The molecule has 0 radical (unpaired) electrons. The van der Waals surface area contributed by atoms with Gasteiger partial charge in [-0.05, 0) is 30.0 Å². The lowest BCUT2D eigenvalue weighted by Gasteiger charge is -1.96. The average Bonchev–Trinajstić information content (AvgIpc) is 2.37. The Hall–Kier alpha value is -1.89. The van der Waals surface area contributed by atoms with E-state index < -0.39 is 0 Å². The molecule has 0 N–H and O–H groups in total. The number of benzene rings is 1. The highest BCUT2D eigenvalue weighted by Crippen LogP contribution is 2.05. The smallest absolute Gasteiger partial charge is 0.0299 e. The Bertz CT molecular complexity index is 432. The van der Waals surface area contributed by atoms with Gasteiger partial charge in [0.2, 0.25) is 0 Å². The minimum atomic E-state index is 1.05. The van der Waals surface area contributed by atoms with Crippen LogP contribution in [0.1, 0.15) is 17.5 Å². The predicted molar refractivity (Wildman–Crippen MR) is 68.0 cm³/mol. The van der Waals surface area contributed by atoms with Crippen LogP contribution in [0.3, 0.4) is 0 Å². The van der Waals surface area contributed by atoms with E-state index in [1.54, 1.807) is 0 Å². The lowest BCUT2D eigenvalue weighted by atomic mass is 10.1. The lowest BCUT2D eigenvalue weighted by molar-refractivity contribution is 0.991. The van der Waals surface area contributed by atoms with Crippen LogP contribution >= 0.6 is 0 Å². The summed E-state index contributed by atoms with van der Waals surface area (Å²) in [5, 5.41) is 0. The first-order valence-electron chi connectivity index (χ1n) is 5.55. The van der Waals surface area contributed by atoms with Gasteiger partial charge >= 0.3 is 0 Å². The topological polar surface area (TPSA) is 12.9 Å². The molecule has 0 spiro atoms. The van der Waals surface area contributed by atoms with E-state index in [1.165, 1.54) is 11.1 Å². The van der Waals surface area contributed by atoms with Crippen LogP contribution in [-0.2, 0) is 6.42 Å². The van der Waals surface area contributed by atoms with Gasteiger partial charge in [-0.3, -0.25) is 4.98 Å². The summed E-state index contributed by atoms with van der Waals surface area (Å²) in [6.07, 6.45) is 10.2. The molecule has 1 nitrogen and oxygen atoms in total. The van der Waals surface area contributed by atoms with Crippen LogP contribution in [0.15, 0.2) is 60.9 Å². The summed E-state index contributed by atoms with van der Waals surface area (Å²) in [5.41, 5.74) is 2.55. The third kappa shape index (κ3) is 3.35. The first-order chi connectivity index (χ1) is 7.95. The highest BCUT2D eigenvalue weighted by Gasteiger charge is 1.89. The number of pyridine rings is 1. The van der Waals surface area contributed by atoms with Gasteiger partial charge in [0.1, 0.15) is 0 Å². The van der Waals surface area contributed by atoms with Crippen molar-refractivity contribution in [3.63, 3.8) is 0 Å². The molecule has 80 valence electrons. The summed E-state index contributed by atoms with van der Waals surface area (Å²) in [5.74, 6) is 0. The molecule has 0 aliphatic heterocycles. The second-order valence-corrected chi connectivity index (χ2v) is 3.71. The molecule has 0 fully saturated rings. The molecule has 1 heterocycles. The van der Waals surface area contributed by atoms with E-state index in [9.17, 15) is 0 Å². The third-order valence-corrected chi connectivity index (χ3v) is 2.43. The van der Waals surface area contributed by atoms with Crippen molar-refractivity contribution in [3.05, 3.63) is 72.1 Å². The van der Waals surface area contributed by atoms with Crippen molar-refractivity contribution < 1.29 is 0 Å². The number of rotatable bonds is 4. The molecule has 0 aliphatic carbocycles. The summed E-state index contributed by atoms with van der Waals surface area (Å²) in [7, 11) is 0. The van der Waals surface area contributed by atoms with Gasteiger partial charge in [0, 0.05) is 12.4 Å². The molecule has 0 atom stereocenters. The number of hydrogen-bond acceptors (Lipinski definition) is 1. The van der Waals surface area contributed by atoms with E-state index in [0.29, 0.717) is 0 Å². The van der Waals surface area contributed by atoms with E-state index in [2.05, 4.69) is 47.5 Å². The maximum Gasteiger partial charge on any atom is 0.0299 e. The Morgan fingerprint density at radius 2 is 1.88 bits per heavy atom. The first-order valence-corrected chi connectivity index (χ1v) is 5.55. The minimum absolute atomic E-state index is 1.05. The van der Waals surface area contributed by atoms with Crippen molar-refractivity contribution in [1.82, 2.24) is 4.98 Å². The fourth-order valence-corrected chi connectivity index (χ4v) is 1.58. The van der Waals surface area contributed by atoms with Gasteiger partial charge in [0.15, 0.2) is 0 Å². The normalized spacial score (nSPS) is 10.8. The largest absolute Gasteiger partial charge is 0.264 e. The summed E-state index contributed by atoms with van der Waals surface area (Å²) in [6, 6.07) is 14.5. The minimum Gasteiger partial charge on any atom is -0.264 e. The fourth-order valence-electron chi connectivity index (χ4n) is 1.58. The zero-order valence-corrected chi connectivity index (χ0v) is 9.21. The van der Waals surface area contributed by atoms with E-state index >= 15 is 0 Å². The second-order valence-electron chi connectivity index (χ2n) is 3.71. The summed E-state index contributed by atoms with van der Waals surface area (Å²) >= 11 is 0. The molecule has 16 heavy (non-hydrogen) atoms. The average molecular weight is 209 g/mol. The van der Waals surface area contributed by atoms with Gasteiger partial charge in [-0.2, -0.15) is 0 Å². The van der Waals surface area contributed by atoms with Gasteiger partial charge in [-0.1, -0.05) is 48.6 Å². The third-order valence-electron chi connectivity index (χ3n) is 2.43. The summed E-state index contributed by atoms with van der Waals surface area (Å²) in [6.45, 7) is 0. The van der Waals surface area contributed by atoms with Gasteiger partial charge in [-0.25, -0.2) is 0 Å². The molecule has 0 bridgehead atoms. The quantitative estimate of drug-likeness (QED) is 0.747. The first kappa shape index (κ1) is 10.6. The van der Waals surface area contributed by atoms with Crippen molar-refractivity contribution in [3.8, 4) is 0 Å². The molecule has 0 saturated heterocycles. The van der Waals surface area contributed by atoms with Crippen LogP contribution in [0.4, 0.5) is 0 Å². The van der Waals surface area contributed by atoms with Gasteiger partial charge < -0.3 is 0 Å². The maximum atomic E-state index is 4.10. The summed E-state index contributed by atoms with van der Waals surface area (Å²) in [4.78, 5) is 4.10. The molecule has 0 saturated carbocycles. The maximum absolute atomic E-state index is 4.10. The van der Waals surface area contributed by atoms with Crippen LogP contribution in [0.2, 0.25) is 0 Å².